The number of rotatable bonds is 2. The average Bonchev–Trinajstić information content (AvgIpc) is 3.04. The van der Waals surface area contributed by atoms with Crippen LogP contribution in [0.2, 0.25) is 0 Å². The number of hydrogen-bond acceptors (Lipinski definition) is 8. The SMILES string of the molecule is CC1(N)CCNCC1c1cnc2c(-c3cc(N)ncc3C#N)[nH]nc2n1. The minimum absolute atomic E-state index is 0.0551. The van der Waals surface area contributed by atoms with E-state index in [1.54, 1.807) is 12.3 Å². The maximum Gasteiger partial charge on any atom is 0.200 e. The lowest BCUT2D eigenvalue weighted by Crippen LogP contribution is -2.53. The van der Waals surface area contributed by atoms with E-state index >= 15 is 0 Å². The summed E-state index contributed by atoms with van der Waals surface area (Å²) in [6.45, 7) is 3.69. The Labute approximate surface area is 149 Å². The van der Waals surface area contributed by atoms with Crippen LogP contribution >= 0.6 is 0 Å². The van der Waals surface area contributed by atoms with Crippen LogP contribution in [0.1, 0.15) is 30.5 Å². The van der Waals surface area contributed by atoms with Crippen molar-refractivity contribution in [1.29, 1.82) is 5.26 Å². The maximum absolute atomic E-state index is 9.33. The number of anilines is 1. The van der Waals surface area contributed by atoms with E-state index < -0.39 is 0 Å². The highest BCUT2D eigenvalue weighted by Gasteiger charge is 2.35. The van der Waals surface area contributed by atoms with E-state index in [-0.39, 0.29) is 11.5 Å². The lowest BCUT2D eigenvalue weighted by Gasteiger charge is -2.38. The molecule has 0 aliphatic carbocycles. The Balaban J connectivity index is 1.80. The number of nitrogen functional groups attached to an aromatic ring is 1. The van der Waals surface area contributed by atoms with Gasteiger partial charge in [0.2, 0.25) is 5.65 Å². The molecule has 1 aliphatic rings. The molecule has 26 heavy (non-hydrogen) atoms. The molecule has 0 bridgehead atoms. The molecule has 3 aromatic heterocycles. The van der Waals surface area contributed by atoms with E-state index in [0.29, 0.717) is 33.8 Å². The fourth-order valence-electron chi connectivity index (χ4n) is 3.39. The molecule has 1 aliphatic heterocycles. The first-order chi connectivity index (χ1) is 12.5. The van der Waals surface area contributed by atoms with Gasteiger partial charge in [-0.2, -0.15) is 10.4 Å². The van der Waals surface area contributed by atoms with Crippen molar-refractivity contribution in [2.24, 2.45) is 5.73 Å². The molecule has 0 spiro atoms. The number of piperidine rings is 1. The molecule has 4 rings (SSSR count). The second kappa shape index (κ2) is 6.01. The molecule has 0 saturated carbocycles. The van der Waals surface area contributed by atoms with Crippen LogP contribution in [-0.4, -0.2) is 43.8 Å². The van der Waals surface area contributed by atoms with Crippen LogP contribution < -0.4 is 16.8 Å². The number of aromatic nitrogens is 5. The Morgan fingerprint density at radius 3 is 2.96 bits per heavy atom. The zero-order valence-electron chi connectivity index (χ0n) is 14.3. The maximum atomic E-state index is 9.33. The van der Waals surface area contributed by atoms with Crippen LogP contribution in [0, 0.1) is 11.3 Å². The fourth-order valence-corrected chi connectivity index (χ4v) is 3.39. The van der Waals surface area contributed by atoms with Crippen molar-refractivity contribution in [1.82, 2.24) is 30.5 Å². The topological polar surface area (TPSA) is 155 Å². The highest BCUT2D eigenvalue weighted by molar-refractivity contribution is 5.89. The summed E-state index contributed by atoms with van der Waals surface area (Å²) < 4.78 is 0. The van der Waals surface area contributed by atoms with Crippen LogP contribution in [0.15, 0.2) is 18.5 Å². The number of pyridine rings is 1. The van der Waals surface area contributed by atoms with Crippen molar-refractivity contribution in [3.63, 3.8) is 0 Å². The average molecular weight is 349 g/mol. The predicted octanol–water partition coefficient (Wildman–Crippen LogP) is 0.663. The minimum Gasteiger partial charge on any atom is -0.384 e. The first-order valence-corrected chi connectivity index (χ1v) is 8.36. The zero-order chi connectivity index (χ0) is 18.3. The van der Waals surface area contributed by atoms with Gasteiger partial charge in [0.25, 0.3) is 0 Å². The Hall–Kier alpha value is -3.09. The molecule has 0 amide bonds. The van der Waals surface area contributed by atoms with E-state index in [1.807, 2.05) is 6.92 Å². The molecule has 2 atom stereocenters. The molecule has 9 heteroatoms. The van der Waals surface area contributed by atoms with Gasteiger partial charge in [0, 0.05) is 36.0 Å². The van der Waals surface area contributed by atoms with Gasteiger partial charge in [-0.25, -0.2) is 15.0 Å². The van der Waals surface area contributed by atoms with Crippen LogP contribution in [0.5, 0.6) is 0 Å². The van der Waals surface area contributed by atoms with Crippen LogP contribution in [0.4, 0.5) is 5.82 Å². The first kappa shape index (κ1) is 16.4. The summed E-state index contributed by atoms with van der Waals surface area (Å²) >= 11 is 0. The van der Waals surface area contributed by atoms with E-state index in [4.69, 9.17) is 11.5 Å². The highest BCUT2D eigenvalue weighted by Crippen LogP contribution is 2.32. The predicted molar refractivity (Wildman–Crippen MR) is 96.9 cm³/mol. The molecule has 132 valence electrons. The van der Waals surface area contributed by atoms with E-state index in [9.17, 15) is 5.26 Å². The van der Waals surface area contributed by atoms with Gasteiger partial charge in [0.15, 0.2) is 0 Å². The Bertz CT molecular complexity index is 1010. The number of hydrogen-bond donors (Lipinski definition) is 4. The Morgan fingerprint density at radius 2 is 2.19 bits per heavy atom. The number of nitrogens with two attached hydrogens (primary N) is 2. The standard InChI is InChI=1S/C17H19N9/c1-17(20)2-3-21-7-11(17)12-8-23-15-14(25-26-16(15)24-12)10-4-13(19)22-6-9(10)5-18/h4,6,8,11,21H,2-3,7,20H2,1H3,(H2,19,22)(H,24,25,26). The molecule has 0 radical (unpaired) electrons. The van der Waals surface area contributed by atoms with Crippen LogP contribution in [0.25, 0.3) is 22.4 Å². The number of nitrogens with zero attached hydrogens (tertiary/aromatic N) is 5. The van der Waals surface area contributed by atoms with E-state index in [1.165, 1.54) is 6.20 Å². The summed E-state index contributed by atoms with van der Waals surface area (Å²) in [6, 6.07) is 3.74. The lowest BCUT2D eigenvalue weighted by molar-refractivity contribution is 0.286. The van der Waals surface area contributed by atoms with Crippen LogP contribution in [-0.2, 0) is 0 Å². The third-order valence-corrected chi connectivity index (χ3v) is 4.94. The number of nitrogens with one attached hydrogen (secondary N) is 2. The van der Waals surface area contributed by atoms with Crippen LogP contribution in [0.3, 0.4) is 0 Å². The molecule has 6 N–H and O–H groups in total. The van der Waals surface area contributed by atoms with E-state index in [0.717, 1.165) is 25.2 Å². The second-order valence-corrected chi connectivity index (χ2v) is 6.84. The second-order valence-electron chi connectivity index (χ2n) is 6.84. The lowest BCUT2D eigenvalue weighted by atomic mass is 9.79. The number of nitriles is 1. The van der Waals surface area contributed by atoms with Crippen molar-refractivity contribution in [3.05, 3.63) is 29.7 Å². The molecule has 4 heterocycles. The number of H-pyrrole nitrogens is 1. The van der Waals surface area contributed by atoms with Crippen molar-refractivity contribution >= 4 is 17.0 Å². The normalized spacial score (nSPS) is 23.0. The molecule has 2 unspecified atom stereocenters. The molecule has 0 aromatic carbocycles. The van der Waals surface area contributed by atoms with E-state index in [2.05, 4.69) is 36.5 Å². The number of aromatic amines is 1. The molecule has 3 aromatic rings. The van der Waals surface area contributed by atoms with Crippen molar-refractivity contribution in [3.8, 4) is 17.3 Å². The quantitative estimate of drug-likeness (QED) is 0.526. The zero-order valence-corrected chi connectivity index (χ0v) is 14.3. The van der Waals surface area contributed by atoms with Gasteiger partial charge in [-0.15, -0.1) is 0 Å². The van der Waals surface area contributed by atoms with Gasteiger partial charge in [-0.3, -0.25) is 5.10 Å². The van der Waals surface area contributed by atoms with Gasteiger partial charge in [0.05, 0.1) is 17.0 Å². The largest absolute Gasteiger partial charge is 0.384 e. The molecular weight excluding hydrogens is 330 g/mol. The molecule has 1 saturated heterocycles. The Kier molecular flexibility index (Phi) is 3.79. The summed E-state index contributed by atoms with van der Waals surface area (Å²) in [5.41, 5.74) is 15.3. The first-order valence-electron chi connectivity index (χ1n) is 8.36. The smallest absolute Gasteiger partial charge is 0.200 e. The van der Waals surface area contributed by atoms with Gasteiger partial charge in [-0.1, -0.05) is 0 Å². The van der Waals surface area contributed by atoms with Crippen molar-refractivity contribution < 1.29 is 0 Å². The van der Waals surface area contributed by atoms with Crippen molar-refractivity contribution in [2.75, 3.05) is 18.8 Å². The third-order valence-electron chi connectivity index (χ3n) is 4.94. The fraction of sp³-hybridized carbons (Fsp3) is 0.353. The van der Waals surface area contributed by atoms with Gasteiger partial charge >= 0.3 is 0 Å². The van der Waals surface area contributed by atoms with Gasteiger partial charge in [0.1, 0.15) is 17.4 Å². The van der Waals surface area contributed by atoms with Crippen molar-refractivity contribution in [2.45, 2.75) is 24.8 Å². The summed E-state index contributed by atoms with van der Waals surface area (Å²) in [5, 5.41) is 19.9. The summed E-state index contributed by atoms with van der Waals surface area (Å²) in [5.74, 6) is 0.373. The summed E-state index contributed by atoms with van der Waals surface area (Å²) in [4.78, 5) is 13.2. The molecule has 1 fully saturated rings. The summed E-state index contributed by atoms with van der Waals surface area (Å²) in [6.07, 6.45) is 4.04. The highest BCUT2D eigenvalue weighted by atomic mass is 15.2. The van der Waals surface area contributed by atoms with Gasteiger partial charge < -0.3 is 16.8 Å². The third kappa shape index (κ3) is 2.65. The molecular formula is C17H19N9. The Morgan fingerprint density at radius 1 is 1.35 bits per heavy atom. The van der Waals surface area contributed by atoms with Gasteiger partial charge in [-0.05, 0) is 26.0 Å². The summed E-state index contributed by atoms with van der Waals surface area (Å²) in [7, 11) is 0. The monoisotopic (exact) mass is 349 g/mol. The molecule has 9 nitrogen and oxygen atoms in total. The number of fused-ring (bicyclic) bond motifs is 1. The minimum atomic E-state index is -0.347.